The van der Waals surface area contributed by atoms with Crippen LogP contribution in [0.25, 0.3) is 0 Å². The van der Waals surface area contributed by atoms with Crippen LogP contribution >= 0.6 is 0 Å². The van der Waals surface area contributed by atoms with Gasteiger partial charge in [-0.3, -0.25) is 0 Å². The molecule has 0 heterocycles. The predicted octanol–water partition coefficient (Wildman–Crippen LogP) is 4.16. The van der Waals surface area contributed by atoms with E-state index >= 15 is 0 Å². The lowest BCUT2D eigenvalue weighted by atomic mass is 9.90. The van der Waals surface area contributed by atoms with Gasteiger partial charge in [0, 0.05) is 6.04 Å². The average Bonchev–Trinajstić information content (AvgIpc) is 2.53. The maximum Gasteiger partial charge on any atom is 0.416 e. The lowest BCUT2D eigenvalue weighted by Gasteiger charge is -2.17. The van der Waals surface area contributed by atoms with Crippen LogP contribution in [0.2, 0.25) is 0 Å². The van der Waals surface area contributed by atoms with Crippen LogP contribution in [-0.2, 0) is 12.6 Å². The zero-order valence-electron chi connectivity index (χ0n) is 10.9. The van der Waals surface area contributed by atoms with Gasteiger partial charge in [-0.25, -0.2) is 0 Å². The molecule has 0 amide bonds. The van der Waals surface area contributed by atoms with E-state index in [9.17, 15) is 13.2 Å². The number of nitrogens with two attached hydrogens (primary N) is 1. The third-order valence-corrected chi connectivity index (χ3v) is 3.85. The largest absolute Gasteiger partial charge is 0.416 e. The highest BCUT2D eigenvalue weighted by molar-refractivity contribution is 5.26. The predicted molar refractivity (Wildman–Crippen MR) is 69.7 cm³/mol. The Balaban J connectivity index is 2.06. The van der Waals surface area contributed by atoms with Gasteiger partial charge in [0.15, 0.2) is 0 Å². The summed E-state index contributed by atoms with van der Waals surface area (Å²) in [6.45, 7) is 0. The standard InChI is InChI=1S/C15H20F3N/c16-15(17,18)13-6-3-5-11(9-13)8-12-4-1-2-7-14(19)10-12/h3,5-6,9,12,14H,1-2,4,7-8,10,19H2. The van der Waals surface area contributed by atoms with E-state index in [1.807, 2.05) is 0 Å². The molecule has 4 heteroatoms. The summed E-state index contributed by atoms with van der Waals surface area (Å²) >= 11 is 0. The van der Waals surface area contributed by atoms with Crippen LogP contribution in [0.15, 0.2) is 24.3 Å². The Labute approximate surface area is 112 Å². The zero-order valence-corrected chi connectivity index (χ0v) is 10.9. The molecule has 2 rings (SSSR count). The van der Waals surface area contributed by atoms with Crippen molar-refractivity contribution in [3.05, 3.63) is 35.4 Å². The molecule has 0 radical (unpaired) electrons. The molecule has 2 unspecified atom stereocenters. The first-order valence-electron chi connectivity index (χ1n) is 6.87. The second-order valence-electron chi connectivity index (χ2n) is 5.55. The van der Waals surface area contributed by atoms with E-state index in [1.165, 1.54) is 12.1 Å². The van der Waals surface area contributed by atoms with Gasteiger partial charge >= 0.3 is 6.18 Å². The van der Waals surface area contributed by atoms with E-state index in [0.29, 0.717) is 12.3 Å². The monoisotopic (exact) mass is 271 g/mol. The SMILES string of the molecule is NC1CCCCC(Cc2cccc(C(F)(F)F)c2)C1. The smallest absolute Gasteiger partial charge is 0.328 e. The number of hydrogen-bond donors (Lipinski definition) is 1. The Morgan fingerprint density at radius 2 is 1.89 bits per heavy atom. The van der Waals surface area contributed by atoms with E-state index in [4.69, 9.17) is 5.73 Å². The van der Waals surface area contributed by atoms with Gasteiger partial charge in [-0.2, -0.15) is 13.2 Å². The molecule has 0 aromatic heterocycles. The summed E-state index contributed by atoms with van der Waals surface area (Å²) in [4.78, 5) is 0. The van der Waals surface area contributed by atoms with Crippen molar-refractivity contribution in [3.8, 4) is 0 Å². The number of rotatable bonds is 2. The Morgan fingerprint density at radius 3 is 2.63 bits per heavy atom. The lowest BCUT2D eigenvalue weighted by molar-refractivity contribution is -0.137. The Kier molecular flexibility index (Phi) is 4.50. The molecule has 0 aliphatic heterocycles. The van der Waals surface area contributed by atoms with Crippen molar-refractivity contribution in [2.45, 2.75) is 50.7 Å². The van der Waals surface area contributed by atoms with Gasteiger partial charge in [0.25, 0.3) is 0 Å². The van der Waals surface area contributed by atoms with Crippen LogP contribution in [0, 0.1) is 5.92 Å². The summed E-state index contributed by atoms with van der Waals surface area (Å²) in [5.41, 5.74) is 6.22. The molecule has 19 heavy (non-hydrogen) atoms. The first kappa shape index (κ1) is 14.4. The summed E-state index contributed by atoms with van der Waals surface area (Å²) in [5.74, 6) is 0.418. The molecule has 0 saturated heterocycles. The average molecular weight is 271 g/mol. The molecule has 1 aliphatic carbocycles. The van der Waals surface area contributed by atoms with Crippen LogP contribution in [0.3, 0.4) is 0 Å². The first-order valence-corrected chi connectivity index (χ1v) is 6.87. The van der Waals surface area contributed by atoms with Crippen LogP contribution in [0.5, 0.6) is 0 Å². The minimum Gasteiger partial charge on any atom is -0.328 e. The van der Waals surface area contributed by atoms with Gasteiger partial charge in [-0.1, -0.05) is 37.5 Å². The fourth-order valence-corrected chi connectivity index (χ4v) is 2.90. The summed E-state index contributed by atoms with van der Waals surface area (Å²) in [5, 5.41) is 0. The van der Waals surface area contributed by atoms with Gasteiger partial charge in [-0.15, -0.1) is 0 Å². The van der Waals surface area contributed by atoms with E-state index in [1.54, 1.807) is 6.07 Å². The summed E-state index contributed by atoms with van der Waals surface area (Å²) in [6.07, 6.45) is 1.77. The van der Waals surface area contributed by atoms with Crippen molar-refractivity contribution in [2.75, 3.05) is 0 Å². The van der Waals surface area contributed by atoms with Gasteiger partial charge in [0.2, 0.25) is 0 Å². The van der Waals surface area contributed by atoms with Crippen molar-refractivity contribution in [1.29, 1.82) is 0 Å². The minimum absolute atomic E-state index is 0.207. The summed E-state index contributed by atoms with van der Waals surface area (Å²) in [6, 6.07) is 5.89. The van der Waals surface area contributed by atoms with E-state index in [0.717, 1.165) is 43.7 Å². The summed E-state index contributed by atoms with van der Waals surface area (Å²) < 4.78 is 38.0. The number of halogens is 3. The fourth-order valence-electron chi connectivity index (χ4n) is 2.90. The van der Waals surface area contributed by atoms with E-state index in [-0.39, 0.29) is 6.04 Å². The van der Waals surface area contributed by atoms with Crippen LogP contribution < -0.4 is 5.73 Å². The zero-order chi connectivity index (χ0) is 13.9. The molecule has 1 saturated carbocycles. The fraction of sp³-hybridized carbons (Fsp3) is 0.600. The topological polar surface area (TPSA) is 26.0 Å². The summed E-state index contributed by atoms with van der Waals surface area (Å²) in [7, 11) is 0. The maximum atomic E-state index is 12.7. The molecule has 0 spiro atoms. The molecule has 1 nitrogen and oxygen atoms in total. The molecule has 2 atom stereocenters. The number of benzene rings is 1. The van der Waals surface area contributed by atoms with Crippen LogP contribution in [-0.4, -0.2) is 6.04 Å². The van der Waals surface area contributed by atoms with Crippen molar-refractivity contribution >= 4 is 0 Å². The van der Waals surface area contributed by atoms with Crippen molar-refractivity contribution < 1.29 is 13.2 Å². The quantitative estimate of drug-likeness (QED) is 0.803. The molecular weight excluding hydrogens is 251 g/mol. The van der Waals surface area contributed by atoms with Crippen LogP contribution in [0.1, 0.15) is 43.2 Å². The van der Waals surface area contributed by atoms with Crippen molar-refractivity contribution in [3.63, 3.8) is 0 Å². The van der Waals surface area contributed by atoms with Gasteiger partial charge in [0.1, 0.15) is 0 Å². The maximum absolute atomic E-state index is 12.7. The molecule has 1 aliphatic rings. The number of hydrogen-bond acceptors (Lipinski definition) is 1. The highest BCUT2D eigenvalue weighted by Crippen LogP contribution is 2.31. The van der Waals surface area contributed by atoms with Crippen LogP contribution in [0.4, 0.5) is 13.2 Å². The Hall–Kier alpha value is -1.03. The lowest BCUT2D eigenvalue weighted by Crippen LogP contribution is -2.22. The molecule has 0 bridgehead atoms. The van der Waals surface area contributed by atoms with Crippen molar-refractivity contribution in [2.24, 2.45) is 11.7 Å². The van der Waals surface area contributed by atoms with E-state index in [2.05, 4.69) is 0 Å². The third kappa shape index (κ3) is 4.23. The molecule has 2 N–H and O–H groups in total. The van der Waals surface area contributed by atoms with E-state index < -0.39 is 11.7 Å². The second-order valence-corrected chi connectivity index (χ2v) is 5.55. The highest BCUT2D eigenvalue weighted by Gasteiger charge is 2.30. The minimum atomic E-state index is -4.25. The Morgan fingerprint density at radius 1 is 1.16 bits per heavy atom. The van der Waals surface area contributed by atoms with Gasteiger partial charge < -0.3 is 5.73 Å². The molecule has 1 aromatic rings. The number of alkyl halides is 3. The molecule has 1 fully saturated rings. The van der Waals surface area contributed by atoms with Gasteiger partial charge in [-0.05, 0) is 36.8 Å². The third-order valence-electron chi connectivity index (χ3n) is 3.85. The molecule has 1 aromatic carbocycles. The van der Waals surface area contributed by atoms with Gasteiger partial charge in [0.05, 0.1) is 5.56 Å². The normalized spacial score (nSPS) is 25.1. The van der Waals surface area contributed by atoms with Crippen molar-refractivity contribution in [1.82, 2.24) is 0 Å². The first-order chi connectivity index (χ1) is 8.95. The highest BCUT2D eigenvalue weighted by atomic mass is 19.4. The molecular formula is C15H20F3N. The Bertz CT molecular complexity index is 414. The second kappa shape index (κ2) is 5.95. The molecule has 106 valence electrons.